The van der Waals surface area contributed by atoms with Gasteiger partial charge in [0.15, 0.2) is 0 Å². The van der Waals surface area contributed by atoms with Gasteiger partial charge in [0, 0.05) is 18.2 Å². The molecule has 16 heavy (non-hydrogen) atoms. The summed E-state index contributed by atoms with van der Waals surface area (Å²) in [7, 11) is 1.61. The largest absolute Gasteiger partial charge is 0.497 e. The minimum Gasteiger partial charge on any atom is -0.497 e. The number of anilines is 2. The average Bonchev–Trinajstić information content (AvgIpc) is 2.20. The fourth-order valence-corrected chi connectivity index (χ4v) is 1.49. The fraction of sp³-hybridized carbons (Fsp3) is 0.500. The Bertz CT molecular complexity index is 351. The maximum Gasteiger partial charge on any atom is 0.121 e. The van der Waals surface area contributed by atoms with Crippen molar-refractivity contribution < 1.29 is 9.84 Å². The van der Waals surface area contributed by atoms with Gasteiger partial charge >= 0.3 is 0 Å². The van der Waals surface area contributed by atoms with Crippen LogP contribution >= 0.6 is 0 Å². The summed E-state index contributed by atoms with van der Waals surface area (Å²) in [5.74, 6) is 0.739. The Morgan fingerprint density at radius 3 is 2.62 bits per heavy atom. The minimum absolute atomic E-state index is 0.149. The Morgan fingerprint density at radius 1 is 1.44 bits per heavy atom. The van der Waals surface area contributed by atoms with E-state index in [-0.39, 0.29) is 12.1 Å². The van der Waals surface area contributed by atoms with Crippen LogP contribution in [0.25, 0.3) is 0 Å². The van der Waals surface area contributed by atoms with Crippen LogP contribution in [0.4, 0.5) is 11.4 Å². The van der Waals surface area contributed by atoms with E-state index in [1.807, 2.05) is 26.0 Å². The lowest BCUT2D eigenvalue weighted by Gasteiger charge is -2.27. The van der Waals surface area contributed by atoms with Gasteiger partial charge < -0.3 is 20.9 Å². The molecule has 0 heterocycles. The van der Waals surface area contributed by atoms with Gasteiger partial charge in [-0.15, -0.1) is 0 Å². The molecule has 0 saturated carbocycles. The lowest BCUT2D eigenvalue weighted by Crippen LogP contribution is -2.32. The average molecular weight is 224 g/mol. The molecule has 0 aliphatic carbocycles. The summed E-state index contributed by atoms with van der Waals surface area (Å²) in [6.07, 6.45) is 0.665. The number of ether oxygens (including phenoxy) is 1. The first kappa shape index (κ1) is 12.6. The van der Waals surface area contributed by atoms with Crippen molar-refractivity contribution in [1.82, 2.24) is 0 Å². The third kappa shape index (κ3) is 3.31. The maximum atomic E-state index is 8.94. The minimum atomic E-state index is -0.183. The number of rotatable bonds is 5. The van der Waals surface area contributed by atoms with E-state index in [2.05, 4.69) is 5.32 Å². The fourth-order valence-electron chi connectivity index (χ4n) is 1.49. The Morgan fingerprint density at radius 2 is 2.12 bits per heavy atom. The molecule has 0 radical (unpaired) electrons. The second-order valence-corrected chi connectivity index (χ2v) is 4.44. The van der Waals surface area contributed by atoms with E-state index in [0.717, 1.165) is 11.4 Å². The molecule has 0 aliphatic heterocycles. The lowest BCUT2D eigenvalue weighted by molar-refractivity contribution is 0.261. The molecule has 4 heteroatoms. The second kappa shape index (κ2) is 5.07. The molecule has 0 fully saturated rings. The summed E-state index contributed by atoms with van der Waals surface area (Å²) in [6, 6.07) is 5.51. The molecule has 1 aromatic carbocycles. The molecule has 0 aromatic heterocycles. The number of nitrogen functional groups attached to an aromatic ring is 1. The Labute approximate surface area is 96.4 Å². The highest BCUT2D eigenvalue weighted by atomic mass is 16.5. The van der Waals surface area contributed by atoms with Crippen molar-refractivity contribution in [3.8, 4) is 5.75 Å². The zero-order valence-electron chi connectivity index (χ0n) is 10.1. The summed E-state index contributed by atoms with van der Waals surface area (Å²) in [6.45, 7) is 4.19. The van der Waals surface area contributed by atoms with Gasteiger partial charge in [0.2, 0.25) is 0 Å². The van der Waals surface area contributed by atoms with Gasteiger partial charge in [0.1, 0.15) is 5.75 Å². The first-order valence-electron chi connectivity index (χ1n) is 5.31. The molecule has 1 aromatic rings. The van der Waals surface area contributed by atoms with E-state index in [1.165, 1.54) is 0 Å². The molecule has 0 aliphatic rings. The Hall–Kier alpha value is -1.42. The lowest BCUT2D eigenvalue weighted by atomic mass is 10.0. The zero-order chi connectivity index (χ0) is 12.2. The van der Waals surface area contributed by atoms with Crippen molar-refractivity contribution in [1.29, 1.82) is 0 Å². The monoisotopic (exact) mass is 224 g/mol. The van der Waals surface area contributed by atoms with Crippen molar-refractivity contribution in [3.05, 3.63) is 18.2 Å². The normalized spacial score (nSPS) is 11.2. The van der Waals surface area contributed by atoms with Crippen LogP contribution in [0.1, 0.15) is 20.3 Å². The molecule has 4 nitrogen and oxygen atoms in total. The van der Waals surface area contributed by atoms with Crippen molar-refractivity contribution in [2.75, 3.05) is 24.8 Å². The number of hydrogen-bond acceptors (Lipinski definition) is 4. The zero-order valence-corrected chi connectivity index (χ0v) is 10.1. The van der Waals surface area contributed by atoms with Crippen LogP contribution in [0, 0.1) is 0 Å². The summed E-state index contributed by atoms with van der Waals surface area (Å²) in [5, 5.41) is 12.2. The quantitative estimate of drug-likeness (QED) is 0.668. The van der Waals surface area contributed by atoms with Gasteiger partial charge in [-0.2, -0.15) is 0 Å². The van der Waals surface area contributed by atoms with Gasteiger partial charge in [-0.1, -0.05) is 0 Å². The first-order chi connectivity index (χ1) is 7.48. The topological polar surface area (TPSA) is 67.5 Å². The highest BCUT2D eigenvalue weighted by Crippen LogP contribution is 2.27. The first-order valence-corrected chi connectivity index (χ1v) is 5.31. The number of nitrogens with two attached hydrogens (primary N) is 1. The standard InChI is InChI=1S/C12H20N2O2/c1-12(2,6-7-15)14-11-5-4-9(16-3)8-10(11)13/h4-5,8,14-15H,6-7,13H2,1-3H3. The molecule has 0 saturated heterocycles. The number of aliphatic hydroxyl groups excluding tert-OH is 1. The van der Waals surface area contributed by atoms with Gasteiger partial charge in [-0.25, -0.2) is 0 Å². The van der Waals surface area contributed by atoms with Gasteiger partial charge in [-0.3, -0.25) is 0 Å². The third-order valence-corrected chi connectivity index (χ3v) is 2.47. The van der Waals surface area contributed by atoms with Crippen LogP contribution in [0.3, 0.4) is 0 Å². The SMILES string of the molecule is COc1ccc(NC(C)(C)CCO)c(N)c1. The molecule has 0 atom stereocenters. The number of aliphatic hydroxyl groups is 1. The summed E-state index contributed by atoms with van der Waals surface area (Å²) in [4.78, 5) is 0. The number of benzene rings is 1. The molecule has 4 N–H and O–H groups in total. The van der Waals surface area contributed by atoms with E-state index in [4.69, 9.17) is 15.6 Å². The maximum absolute atomic E-state index is 8.94. The molecule has 0 bridgehead atoms. The second-order valence-electron chi connectivity index (χ2n) is 4.44. The molecular formula is C12H20N2O2. The van der Waals surface area contributed by atoms with Gasteiger partial charge in [0.05, 0.1) is 18.5 Å². The van der Waals surface area contributed by atoms with Gasteiger partial charge in [-0.05, 0) is 32.4 Å². The Balaban J connectivity index is 2.81. The predicted molar refractivity (Wildman–Crippen MR) is 66.8 cm³/mol. The molecule has 90 valence electrons. The van der Waals surface area contributed by atoms with Crippen LogP contribution in [-0.2, 0) is 0 Å². The predicted octanol–water partition coefficient (Wildman–Crippen LogP) is 1.85. The van der Waals surface area contributed by atoms with Crippen molar-refractivity contribution in [2.45, 2.75) is 25.8 Å². The van der Waals surface area contributed by atoms with Crippen LogP contribution < -0.4 is 15.8 Å². The summed E-state index contributed by atoms with van der Waals surface area (Å²) >= 11 is 0. The van der Waals surface area contributed by atoms with Crippen LogP contribution in [0.2, 0.25) is 0 Å². The van der Waals surface area contributed by atoms with Crippen LogP contribution in [-0.4, -0.2) is 24.4 Å². The van der Waals surface area contributed by atoms with E-state index >= 15 is 0 Å². The Kier molecular flexibility index (Phi) is 4.01. The molecule has 0 spiro atoms. The number of methoxy groups -OCH3 is 1. The highest BCUT2D eigenvalue weighted by Gasteiger charge is 2.17. The smallest absolute Gasteiger partial charge is 0.121 e. The van der Waals surface area contributed by atoms with Crippen molar-refractivity contribution >= 4 is 11.4 Å². The number of hydrogen-bond donors (Lipinski definition) is 3. The molecule has 1 rings (SSSR count). The van der Waals surface area contributed by atoms with E-state index in [9.17, 15) is 0 Å². The molecule has 0 unspecified atom stereocenters. The van der Waals surface area contributed by atoms with Gasteiger partial charge in [0.25, 0.3) is 0 Å². The summed E-state index contributed by atoms with van der Waals surface area (Å²) < 4.78 is 5.08. The van der Waals surface area contributed by atoms with Crippen molar-refractivity contribution in [3.63, 3.8) is 0 Å². The highest BCUT2D eigenvalue weighted by molar-refractivity contribution is 5.68. The number of nitrogens with one attached hydrogen (secondary N) is 1. The molecule has 0 amide bonds. The van der Waals surface area contributed by atoms with Crippen LogP contribution in [0.5, 0.6) is 5.75 Å². The van der Waals surface area contributed by atoms with Crippen molar-refractivity contribution in [2.24, 2.45) is 0 Å². The van der Waals surface area contributed by atoms with E-state index < -0.39 is 0 Å². The van der Waals surface area contributed by atoms with E-state index in [0.29, 0.717) is 12.1 Å². The van der Waals surface area contributed by atoms with E-state index in [1.54, 1.807) is 13.2 Å². The summed E-state index contributed by atoms with van der Waals surface area (Å²) in [5.41, 5.74) is 7.22. The van der Waals surface area contributed by atoms with Crippen LogP contribution in [0.15, 0.2) is 18.2 Å². The molecular weight excluding hydrogens is 204 g/mol. The third-order valence-electron chi connectivity index (χ3n) is 2.47.